The molecule has 0 aliphatic carbocycles. The maximum atomic E-state index is 13.2. The fourth-order valence-electron chi connectivity index (χ4n) is 4.52. The Labute approximate surface area is 181 Å². The number of esters is 1. The molecule has 2 aromatic heterocycles. The molecule has 0 amide bonds. The van der Waals surface area contributed by atoms with Crippen molar-refractivity contribution in [3.8, 4) is 17.1 Å². The van der Waals surface area contributed by atoms with Crippen LogP contribution in [0.5, 0.6) is 5.75 Å². The molecule has 32 heavy (non-hydrogen) atoms. The number of benzene rings is 1. The van der Waals surface area contributed by atoms with E-state index >= 15 is 0 Å². The van der Waals surface area contributed by atoms with Crippen molar-refractivity contribution in [3.63, 3.8) is 0 Å². The third-order valence-corrected chi connectivity index (χ3v) is 6.30. The summed E-state index contributed by atoms with van der Waals surface area (Å²) in [5, 5.41) is 26.0. The Morgan fingerprint density at radius 2 is 2.09 bits per heavy atom. The lowest BCUT2D eigenvalue weighted by Crippen LogP contribution is -2.44. The average Bonchev–Trinajstić information content (AvgIpc) is 3.15. The molecule has 0 spiro atoms. The molecule has 4 heterocycles. The summed E-state index contributed by atoms with van der Waals surface area (Å²) in [6.07, 6.45) is 0.0701. The quantitative estimate of drug-likeness (QED) is 0.281. The molecule has 164 valence electrons. The summed E-state index contributed by atoms with van der Waals surface area (Å²) >= 11 is 0. The van der Waals surface area contributed by atoms with E-state index in [4.69, 9.17) is 9.72 Å². The summed E-state index contributed by atoms with van der Waals surface area (Å²) in [6, 6.07) is 6.64. The number of pyridine rings is 2. The van der Waals surface area contributed by atoms with Gasteiger partial charge in [-0.1, -0.05) is 6.92 Å². The zero-order valence-electron chi connectivity index (χ0n) is 17.5. The lowest BCUT2D eigenvalue weighted by molar-refractivity contribution is -0.172. The molecule has 2 aliphatic heterocycles. The summed E-state index contributed by atoms with van der Waals surface area (Å²) < 4.78 is 6.63. The number of ether oxygens (including phenoxy) is 1. The van der Waals surface area contributed by atoms with Crippen LogP contribution in [0.3, 0.4) is 0 Å². The van der Waals surface area contributed by atoms with Gasteiger partial charge in [0, 0.05) is 29.1 Å². The van der Waals surface area contributed by atoms with Gasteiger partial charge in [0.05, 0.1) is 40.8 Å². The largest absolute Gasteiger partial charge is 0.508 e. The second kappa shape index (κ2) is 6.86. The molecule has 10 heteroatoms. The topological polar surface area (TPSA) is 134 Å². The SMILES string of the molecule is CC[C@@]1(O)C(=O)OCc2c1cc1n(c2=O)Cc2cc3c(CN(C)N=O)c(O)ccc3nc2-1. The number of carbonyl (C=O) groups excluding carboxylic acids is 1. The number of cyclic esters (lactones) is 1. The van der Waals surface area contributed by atoms with Gasteiger partial charge < -0.3 is 19.5 Å². The predicted molar refractivity (Wildman–Crippen MR) is 113 cm³/mol. The number of phenolic OH excluding ortho intramolecular Hbond substituents is 1. The second-order valence-corrected chi connectivity index (χ2v) is 8.13. The van der Waals surface area contributed by atoms with Gasteiger partial charge in [-0.15, -0.1) is 4.91 Å². The van der Waals surface area contributed by atoms with Crippen LogP contribution in [-0.2, 0) is 34.8 Å². The first-order valence-electron chi connectivity index (χ1n) is 10.1. The zero-order chi connectivity index (χ0) is 22.8. The molecule has 0 fully saturated rings. The molecule has 0 unspecified atom stereocenters. The van der Waals surface area contributed by atoms with Crippen molar-refractivity contribution in [1.82, 2.24) is 14.6 Å². The van der Waals surface area contributed by atoms with E-state index in [9.17, 15) is 24.7 Å². The highest BCUT2D eigenvalue weighted by Crippen LogP contribution is 2.39. The molecule has 0 saturated carbocycles. The van der Waals surface area contributed by atoms with Gasteiger partial charge in [0.15, 0.2) is 5.60 Å². The second-order valence-electron chi connectivity index (χ2n) is 8.13. The number of nitroso groups, excluding NO2 is 1. The third kappa shape index (κ3) is 2.65. The lowest BCUT2D eigenvalue weighted by atomic mass is 9.86. The summed E-state index contributed by atoms with van der Waals surface area (Å²) in [4.78, 5) is 41.1. The van der Waals surface area contributed by atoms with Gasteiger partial charge in [-0.3, -0.25) is 9.80 Å². The minimum Gasteiger partial charge on any atom is -0.508 e. The van der Waals surface area contributed by atoms with Crippen molar-refractivity contribution in [1.29, 1.82) is 0 Å². The van der Waals surface area contributed by atoms with Crippen molar-refractivity contribution >= 4 is 16.9 Å². The monoisotopic (exact) mass is 436 g/mol. The van der Waals surface area contributed by atoms with E-state index < -0.39 is 11.6 Å². The van der Waals surface area contributed by atoms with Crippen LogP contribution in [0.2, 0.25) is 0 Å². The maximum absolute atomic E-state index is 13.2. The molecule has 0 radical (unpaired) electrons. The molecule has 0 saturated heterocycles. The zero-order valence-corrected chi connectivity index (χ0v) is 17.5. The van der Waals surface area contributed by atoms with Crippen LogP contribution in [0, 0.1) is 4.91 Å². The summed E-state index contributed by atoms with van der Waals surface area (Å²) in [7, 11) is 1.50. The maximum Gasteiger partial charge on any atom is 0.343 e. The Morgan fingerprint density at radius 3 is 2.81 bits per heavy atom. The first-order chi connectivity index (χ1) is 15.3. The fraction of sp³-hybridized carbons (Fsp3) is 0.318. The lowest BCUT2D eigenvalue weighted by Gasteiger charge is -2.31. The van der Waals surface area contributed by atoms with E-state index in [0.717, 1.165) is 10.6 Å². The Hall–Kier alpha value is -3.79. The predicted octanol–water partition coefficient (Wildman–Crippen LogP) is 1.90. The Bertz CT molecular complexity index is 1380. The molecule has 3 aromatic rings. The van der Waals surface area contributed by atoms with Gasteiger partial charge in [-0.05, 0) is 30.7 Å². The Morgan fingerprint density at radius 1 is 1.31 bits per heavy atom. The number of hydrogen-bond donors (Lipinski definition) is 2. The number of hydrogen-bond acceptors (Lipinski definition) is 8. The molecule has 5 rings (SSSR count). The fourth-order valence-corrected chi connectivity index (χ4v) is 4.52. The summed E-state index contributed by atoms with van der Waals surface area (Å²) in [5.74, 6) is -0.754. The van der Waals surface area contributed by atoms with E-state index in [-0.39, 0.29) is 48.6 Å². The number of nitrogens with zero attached hydrogens (tertiary/aromatic N) is 4. The van der Waals surface area contributed by atoms with E-state index in [1.165, 1.54) is 13.1 Å². The first kappa shape index (κ1) is 20.1. The number of phenols is 1. The molecule has 2 aliphatic rings. The molecule has 0 bridgehead atoms. The van der Waals surface area contributed by atoms with Crippen molar-refractivity contribution in [2.45, 2.75) is 38.6 Å². The highest BCUT2D eigenvalue weighted by molar-refractivity contribution is 5.89. The highest BCUT2D eigenvalue weighted by atomic mass is 16.6. The number of fused-ring (bicyclic) bond motifs is 5. The van der Waals surface area contributed by atoms with Crippen LogP contribution in [0.25, 0.3) is 22.3 Å². The van der Waals surface area contributed by atoms with Crippen LogP contribution in [0.1, 0.15) is 35.6 Å². The van der Waals surface area contributed by atoms with E-state index in [1.54, 1.807) is 23.6 Å². The Balaban J connectivity index is 1.73. The number of aromatic hydroxyl groups is 1. The summed E-state index contributed by atoms with van der Waals surface area (Å²) in [6.45, 7) is 1.80. The van der Waals surface area contributed by atoms with Gasteiger partial charge in [-0.2, -0.15) is 0 Å². The molecule has 1 atom stereocenters. The van der Waals surface area contributed by atoms with Gasteiger partial charge in [-0.25, -0.2) is 9.78 Å². The minimum atomic E-state index is -1.88. The number of aliphatic hydroxyl groups is 1. The van der Waals surface area contributed by atoms with Crippen molar-refractivity contribution in [2.75, 3.05) is 7.05 Å². The Kier molecular flexibility index (Phi) is 4.31. The minimum absolute atomic E-state index is 0.0153. The van der Waals surface area contributed by atoms with Gasteiger partial charge in [0.2, 0.25) is 0 Å². The molecule has 10 nitrogen and oxygen atoms in total. The van der Waals surface area contributed by atoms with E-state index in [2.05, 4.69) is 5.29 Å². The molecular weight excluding hydrogens is 416 g/mol. The van der Waals surface area contributed by atoms with Crippen LogP contribution in [0.4, 0.5) is 0 Å². The third-order valence-electron chi connectivity index (χ3n) is 6.30. The standard InChI is InChI=1S/C22H20N4O6/c1-3-22(30)15-7-17-19-11(8-26(17)20(28)14(15)10-32-21(22)29)6-12-13(9-25(2)24-31)18(27)5-4-16(12)23-19/h4-7,27,30H,3,8-10H2,1-2H3/t22-/m0/s1. The van der Waals surface area contributed by atoms with E-state index in [1.807, 2.05) is 6.07 Å². The first-order valence-corrected chi connectivity index (χ1v) is 10.1. The number of aromatic nitrogens is 2. The molecule has 1 aromatic carbocycles. The normalized spacial score (nSPS) is 18.7. The van der Waals surface area contributed by atoms with Crippen LogP contribution >= 0.6 is 0 Å². The van der Waals surface area contributed by atoms with Crippen LogP contribution in [-0.4, -0.2) is 37.8 Å². The van der Waals surface area contributed by atoms with E-state index in [0.29, 0.717) is 27.9 Å². The highest BCUT2D eigenvalue weighted by Gasteiger charge is 2.45. The van der Waals surface area contributed by atoms with Crippen molar-refractivity contribution in [2.24, 2.45) is 5.29 Å². The molecule has 2 N–H and O–H groups in total. The average molecular weight is 436 g/mol. The molecular formula is C22H20N4O6. The van der Waals surface area contributed by atoms with Crippen LogP contribution < -0.4 is 5.56 Å². The van der Waals surface area contributed by atoms with Crippen molar-refractivity contribution < 1.29 is 19.7 Å². The van der Waals surface area contributed by atoms with Crippen molar-refractivity contribution in [3.05, 3.63) is 61.8 Å². The van der Waals surface area contributed by atoms with Gasteiger partial charge in [0.1, 0.15) is 12.4 Å². The number of carbonyl (C=O) groups is 1. The van der Waals surface area contributed by atoms with Gasteiger partial charge in [0.25, 0.3) is 5.56 Å². The summed E-state index contributed by atoms with van der Waals surface area (Å²) in [5.41, 5.74) is 1.18. The van der Waals surface area contributed by atoms with Crippen LogP contribution in [0.15, 0.2) is 34.3 Å². The smallest absolute Gasteiger partial charge is 0.343 e. The van der Waals surface area contributed by atoms with Gasteiger partial charge >= 0.3 is 5.97 Å². The number of rotatable bonds is 4.